The minimum Gasteiger partial charge on any atom is -0.142 e. The lowest BCUT2D eigenvalue weighted by Crippen LogP contribution is -1.82. The minimum absolute atomic E-state index is 1.25. The van der Waals surface area contributed by atoms with Gasteiger partial charge in [-0.3, -0.25) is 0 Å². The van der Waals surface area contributed by atoms with Crippen LogP contribution in [0, 0.1) is 0 Å². The summed E-state index contributed by atoms with van der Waals surface area (Å²) in [4.78, 5) is 7.48. The van der Waals surface area contributed by atoms with Crippen molar-refractivity contribution in [3.8, 4) is 20.2 Å². The smallest absolute Gasteiger partial charge is 0.0529 e. The fourth-order valence-electron chi connectivity index (χ4n) is 4.14. The molecule has 0 fully saturated rings. The molecule has 0 bridgehead atoms. The first-order valence-electron chi connectivity index (χ1n) is 12.6. The van der Waals surface area contributed by atoms with Gasteiger partial charge in [-0.15, -0.1) is 34.0 Å². The zero-order valence-corrected chi connectivity index (χ0v) is 22.0. The lowest BCUT2D eigenvalue weighted by Gasteiger charge is -2.01. The summed E-state index contributed by atoms with van der Waals surface area (Å²) in [5.74, 6) is 0. The zero-order valence-electron chi connectivity index (χ0n) is 19.6. The van der Waals surface area contributed by atoms with E-state index in [1.807, 2.05) is 34.0 Å². The summed E-state index contributed by atoms with van der Waals surface area (Å²) in [7, 11) is 0. The maximum Gasteiger partial charge on any atom is 0.0529 e. The van der Waals surface area contributed by atoms with Gasteiger partial charge < -0.3 is 0 Å². The van der Waals surface area contributed by atoms with E-state index in [1.54, 1.807) is 9.75 Å². The van der Waals surface area contributed by atoms with Gasteiger partial charge in [-0.1, -0.05) is 78.1 Å². The molecule has 3 rings (SSSR count). The summed E-state index contributed by atoms with van der Waals surface area (Å²) in [5, 5.41) is 2.27. The van der Waals surface area contributed by atoms with Crippen LogP contribution in [0.25, 0.3) is 20.2 Å². The first-order chi connectivity index (χ1) is 15.3. The van der Waals surface area contributed by atoms with Gasteiger partial charge in [-0.25, -0.2) is 0 Å². The van der Waals surface area contributed by atoms with Crippen molar-refractivity contribution < 1.29 is 0 Å². The molecule has 0 nitrogen and oxygen atoms in total. The molecule has 31 heavy (non-hydrogen) atoms. The maximum atomic E-state index is 2.37. The Kier molecular flexibility index (Phi) is 11.4. The number of rotatable bonds is 16. The van der Waals surface area contributed by atoms with Crippen LogP contribution >= 0.6 is 34.0 Å². The molecule has 3 aromatic rings. The number of unbranched alkanes of at least 4 members (excludes halogenated alkanes) is 10. The highest BCUT2D eigenvalue weighted by atomic mass is 32.1. The second kappa shape index (κ2) is 14.3. The lowest BCUT2D eigenvalue weighted by atomic mass is 10.1. The predicted octanol–water partition coefficient (Wildman–Crippen LogP) is 11.0. The molecule has 3 aromatic heterocycles. The first kappa shape index (κ1) is 24.7. The van der Waals surface area contributed by atoms with Crippen LogP contribution in [0.3, 0.4) is 0 Å². The van der Waals surface area contributed by atoms with E-state index >= 15 is 0 Å². The molecule has 0 aliphatic heterocycles. The Bertz CT molecular complexity index is 782. The average molecular weight is 473 g/mol. The third-order valence-corrected chi connectivity index (χ3v) is 9.45. The Labute approximate surface area is 202 Å². The molecule has 0 saturated carbocycles. The van der Waals surface area contributed by atoms with Crippen LogP contribution in [0.1, 0.15) is 101 Å². The summed E-state index contributed by atoms with van der Waals surface area (Å²) >= 11 is 5.93. The summed E-state index contributed by atoms with van der Waals surface area (Å²) in [6, 6.07) is 11.8. The molecule has 0 amide bonds. The van der Waals surface area contributed by atoms with Crippen molar-refractivity contribution >= 4 is 34.0 Å². The fraction of sp³-hybridized carbons (Fsp3) is 0.571. The van der Waals surface area contributed by atoms with Gasteiger partial charge in [0.1, 0.15) is 0 Å². The molecular weight excluding hydrogens is 433 g/mol. The molecule has 0 unspecified atom stereocenters. The van der Waals surface area contributed by atoms with Gasteiger partial charge in [0.2, 0.25) is 0 Å². The quantitative estimate of drug-likeness (QED) is 0.182. The molecular formula is C28H40S3. The molecule has 0 aliphatic carbocycles. The van der Waals surface area contributed by atoms with E-state index in [9.17, 15) is 0 Å². The molecule has 3 heterocycles. The number of aryl methyl sites for hydroxylation is 2. The molecule has 0 radical (unpaired) electrons. The van der Waals surface area contributed by atoms with Crippen molar-refractivity contribution in [1.82, 2.24) is 0 Å². The van der Waals surface area contributed by atoms with Crippen molar-refractivity contribution in [2.24, 2.45) is 0 Å². The summed E-state index contributed by atoms with van der Waals surface area (Å²) in [6.45, 7) is 4.58. The highest BCUT2D eigenvalue weighted by Crippen LogP contribution is 2.42. The largest absolute Gasteiger partial charge is 0.142 e. The van der Waals surface area contributed by atoms with Gasteiger partial charge in [0, 0.05) is 25.1 Å². The number of hydrogen-bond acceptors (Lipinski definition) is 3. The van der Waals surface area contributed by atoms with Crippen molar-refractivity contribution in [1.29, 1.82) is 0 Å². The number of thiophene rings is 3. The van der Waals surface area contributed by atoms with Crippen molar-refractivity contribution in [2.75, 3.05) is 0 Å². The molecule has 0 saturated heterocycles. The molecule has 0 atom stereocenters. The Morgan fingerprint density at radius 2 is 1.06 bits per heavy atom. The maximum absolute atomic E-state index is 2.37. The van der Waals surface area contributed by atoms with Crippen molar-refractivity contribution in [3.05, 3.63) is 45.5 Å². The summed E-state index contributed by atoms with van der Waals surface area (Å²) in [6.07, 6.45) is 19.0. The topological polar surface area (TPSA) is 0 Å². The molecule has 170 valence electrons. The first-order valence-corrected chi connectivity index (χ1v) is 15.1. The minimum atomic E-state index is 1.25. The SMILES string of the molecule is CCCCCCCCc1ccc(-c2ccsc2-c2ccc(CCCCCCCC)s2)s1. The third-order valence-electron chi connectivity index (χ3n) is 6.03. The molecule has 0 spiro atoms. The highest BCUT2D eigenvalue weighted by Gasteiger charge is 2.13. The van der Waals surface area contributed by atoms with E-state index in [1.165, 1.54) is 110 Å². The van der Waals surface area contributed by atoms with E-state index in [2.05, 4.69) is 49.6 Å². The molecule has 0 N–H and O–H groups in total. The van der Waals surface area contributed by atoms with Crippen molar-refractivity contribution in [2.45, 2.75) is 104 Å². The van der Waals surface area contributed by atoms with Gasteiger partial charge in [0.15, 0.2) is 0 Å². The monoisotopic (exact) mass is 472 g/mol. The predicted molar refractivity (Wildman–Crippen MR) is 145 cm³/mol. The second-order valence-corrected chi connectivity index (χ2v) is 12.0. The normalized spacial score (nSPS) is 11.4. The van der Waals surface area contributed by atoms with Crippen LogP contribution in [0.5, 0.6) is 0 Å². The van der Waals surface area contributed by atoms with Crippen LogP contribution in [0.4, 0.5) is 0 Å². The van der Waals surface area contributed by atoms with E-state index in [0.717, 1.165) is 0 Å². The van der Waals surface area contributed by atoms with Gasteiger partial charge in [0.05, 0.1) is 4.88 Å². The van der Waals surface area contributed by atoms with Gasteiger partial charge in [-0.05, 0) is 61.4 Å². The lowest BCUT2D eigenvalue weighted by molar-refractivity contribution is 0.609. The number of hydrogen-bond donors (Lipinski definition) is 0. The van der Waals surface area contributed by atoms with Gasteiger partial charge in [0.25, 0.3) is 0 Å². The van der Waals surface area contributed by atoms with Crippen LogP contribution in [-0.2, 0) is 12.8 Å². The standard InChI is InChI=1S/C28H40S3/c1-3-5-7-9-11-13-15-23-17-19-26(30-23)25-21-22-29-28(25)27-20-18-24(31-27)16-14-12-10-8-6-4-2/h17-22H,3-16H2,1-2H3. The Morgan fingerprint density at radius 1 is 0.548 bits per heavy atom. The Balaban J connectivity index is 1.51. The zero-order chi connectivity index (χ0) is 21.7. The van der Waals surface area contributed by atoms with E-state index in [4.69, 9.17) is 0 Å². The summed E-state index contributed by atoms with van der Waals surface area (Å²) in [5.41, 5.74) is 1.44. The third kappa shape index (κ3) is 8.18. The van der Waals surface area contributed by atoms with Crippen LogP contribution in [-0.4, -0.2) is 0 Å². The van der Waals surface area contributed by atoms with Crippen LogP contribution in [0.15, 0.2) is 35.7 Å². The fourth-order valence-corrected chi connectivity index (χ4v) is 7.39. The van der Waals surface area contributed by atoms with Crippen LogP contribution < -0.4 is 0 Å². The average Bonchev–Trinajstić information content (AvgIpc) is 3.53. The van der Waals surface area contributed by atoms with E-state index < -0.39 is 0 Å². The van der Waals surface area contributed by atoms with E-state index in [0.29, 0.717) is 0 Å². The Morgan fingerprint density at radius 3 is 1.68 bits per heavy atom. The second-order valence-electron chi connectivity index (χ2n) is 8.73. The highest BCUT2D eigenvalue weighted by molar-refractivity contribution is 7.22. The molecule has 0 aromatic carbocycles. The summed E-state index contributed by atoms with van der Waals surface area (Å²) < 4.78 is 0. The van der Waals surface area contributed by atoms with Crippen LogP contribution in [0.2, 0.25) is 0 Å². The van der Waals surface area contributed by atoms with Gasteiger partial charge >= 0.3 is 0 Å². The molecule has 0 aliphatic rings. The molecule has 3 heteroatoms. The van der Waals surface area contributed by atoms with E-state index in [-0.39, 0.29) is 0 Å². The van der Waals surface area contributed by atoms with Gasteiger partial charge in [-0.2, -0.15) is 0 Å². The Hall–Kier alpha value is -0.900. The van der Waals surface area contributed by atoms with Crippen molar-refractivity contribution in [3.63, 3.8) is 0 Å².